The number of hydrogen-bond donors (Lipinski definition) is 0. The molecule has 0 fully saturated rings. The molecule has 0 aliphatic carbocycles. The summed E-state index contributed by atoms with van der Waals surface area (Å²) in [7, 11) is -0.584. The monoisotopic (exact) mass is 468 g/mol. The van der Waals surface area contributed by atoms with Crippen molar-refractivity contribution >= 4 is 13.2 Å². The lowest BCUT2D eigenvalue weighted by atomic mass is 10.0. The van der Waals surface area contributed by atoms with Crippen molar-refractivity contribution in [3.63, 3.8) is 0 Å². The van der Waals surface area contributed by atoms with Gasteiger partial charge in [-0.1, -0.05) is 75.4 Å². The minimum atomic E-state index is -0.584. The van der Waals surface area contributed by atoms with Crippen molar-refractivity contribution < 1.29 is 14.2 Å². The zero-order valence-corrected chi connectivity index (χ0v) is 20.9. The standard InChI is InChI=1S/C30H29O3P/c1-21-31-27-20-11-17-24(29(27)34(21)30(2,3)4)28-25(32-22-13-7-5-8-14-22)18-12-19-26(28)33-23-15-9-6-10-16-23/h5-21H,1-4H3/t21-,34?/m0/s1. The highest BCUT2D eigenvalue weighted by molar-refractivity contribution is 7.68. The summed E-state index contributed by atoms with van der Waals surface area (Å²) in [4.78, 5) is 0. The molecular weight excluding hydrogens is 439 g/mol. The first-order chi connectivity index (χ1) is 16.4. The van der Waals surface area contributed by atoms with E-state index in [1.54, 1.807) is 0 Å². The molecule has 1 unspecified atom stereocenters. The molecule has 0 radical (unpaired) electrons. The van der Waals surface area contributed by atoms with E-state index < -0.39 is 7.92 Å². The molecular formula is C30H29O3P. The summed E-state index contributed by atoms with van der Waals surface area (Å²) in [5, 5.41) is 1.37. The highest BCUT2D eigenvalue weighted by Crippen LogP contribution is 2.60. The second kappa shape index (κ2) is 9.16. The highest BCUT2D eigenvalue weighted by Gasteiger charge is 2.41. The number of hydrogen-bond acceptors (Lipinski definition) is 3. The minimum absolute atomic E-state index is 0.0891. The number of para-hydroxylation sites is 2. The highest BCUT2D eigenvalue weighted by atomic mass is 31.1. The molecule has 172 valence electrons. The number of benzene rings is 4. The molecule has 0 bridgehead atoms. The Bertz CT molecular complexity index is 1220. The van der Waals surface area contributed by atoms with Crippen molar-refractivity contribution in [2.75, 3.05) is 0 Å². The smallest absolute Gasteiger partial charge is 0.139 e. The van der Waals surface area contributed by atoms with Gasteiger partial charge in [0.05, 0.1) is 5.56 Å². The maximum atomic E-state index is 6.44. The van der Waals surface area contributed by atoms with Crippen LogP contribution in [0.2, 0.25) is 0 Å². The molecule has 5 rings (SSSR count). The quantitative estimate of drug-likeness (QED) is 0.275. The normalized spacial score (nSPS) is 17.1. The number of rotatable bonds is 5. The maximum Gasteiger partial charge on any atom is 0.139 e. The molecule has 0 N–H and O–H groups in total. The second-order valence-corrected chi connectivity index (χ2v) is 12.6. The average Bonchev–Trinajstić information content (AvgIpc) is 3.17. The molecule has 0 saturated carbocycles. The van der Waals surface area contributed by atoms with Gasteiger partial charge in [-0.25, -0.2) is 0 Å². The summed E-state index contributed by atoms with van der Waals surface area (Å²) in [6.45, 7) is 9.10. The van der Waals surface area contributed by atoms with E-state index in [0.717, 1.165) is 39.9 Å². The summed E-state index contributed by atoms with van der Waals surface area (Å²) in [6.07, 6.45) is 0. The van der Waals surface area contributed by atoms with Crippen LogP contribution in [0.5, 0.6) is 28.7 Å². The van der Waals surface area contributed by atoms with E-state index in [2.05, 4.69) is 45.9 Å². The van der Waals surface area contributed by atoms with Gasteiger partial charge in [-0.05, 0) is 62.5 Å². The van der Waals surface area contributed by atoms with Crippen LogP contribution in [-0.4, -0.2) is 11.0 Å². The average molecular weight is 469 g/mol. The summed E-state index contributed by atoms with van der Waals surface area (Å²) in [6, 6.07) is 32.1. The zero-order chi connectivity index (χ0) is 23.7. The Hall–Kier alpha value is -3.29. The fourth-order valence-corrected chi connectivity index (χ4v) is 7.70. The third-order valence-electron chi connectivity index (χ3n) is 5.82. The molecule has 0 aromatic heterocycles. The Morgan fingerprint density at radius 3 is 1.74 bits per heavy atom. The second-order valence-electron chi connectivity index (χ2n) is 9.37. The Morgan fingerprint density at radius 1 is 0.676 bits per heavy atom. The first kappa shape index (κ1) is 22.5. The van der Waals surface area contributed by atoms with Gasteiger partial charge in [0.25, 0.3) is 0 Å². The fourth-order valence-electron chi connectivity index (χ4n) is 4.54. The van der Waals surface area contributed by atoms with Crippen molar-refractivity contribution in [2.45, 2.75) is 38.7 Å². The van der Waals surface area contributed by atoms with Gasteiger partial charge in [0.1, 0.15) is 34.6 Å². The predicted octanol–water partition coefficient (Wildman–Crippen LogP) is 8.58. The topological polar surface area (TPSA) is 27.7 Å². The molecule has 1 aliphatic rings. The van der Waals surface area contributed by atoms with E-state index in [0.29, 0.717) is 0 Å². The van der Waals surface area contributed by atoms with E-state index in [-0.39, 0.29) is 11.0 Å². The van der Waals surface area contributed by atoms with Crippen LogP contribution in [0, 0.1) is 0 Å². The Balaban J connectivity index is 1.71. The van der Waals surface area contributed by atoms with Gasteiger partial charge in [-0.15, -0.1) is 0 Å². The van der Waals surface area contributed by atoms with Gasteiger partial charge in [0.2, 0.25) is 0 Å². The molecule has 4 aromatic rings. The van der Waals surface area contributed by atoms with Gasteiger partial charge in [-0.2, -0.15) is 0 Å². The zero-order valence-electron chi connectivity index (χ0n) is 20.0. The first-order valence-electron chi connectivity index (χ1n) is 11.6. The van der Waals surface area contributed by atoms with Crippen LogP contribution in [0.4, 0.5) is 0 Å². The predicted molar refractivity (Wildman–Crippen MR) is 141 cm³/mol. The van der Waals surface area contributed by atoms with Gasteiger partial charge >= 0.3 is 0 Å². The van der Waals surface area contributed by atoms with E-state index >= 15 is 0 Å². The summed E-state index contributed by atoms with van der Waals surface area (Å²) >= 11 is 0. The van der Waals surface area contributed by atoms with Gasteiger partial charge in [0.15, 0.2) is 0 Å². The molecule has 4 aromatic carbocycles. The van der Waals surface area contributed by atoms with Crippen LogP contribution in [0.1, 0.15) is 27.7 Å². The van der Waals surface area contributed by atoms with Gasteiger partial charge < -0.3 is 14.2 Å². The first-order valence-corrected chi connectivity index (χ1v) is 13.0. The van der Waals surface area contributed by atoms with Crippen molar-refractivity contribution in [1.82, 2.24) is 0 Å². The third kappa shape index (κ3) is 4.41. The van der Waals surface area contributed by atoms with Crippen molar-refractivity contribution in [1.29, 1.82) is 0 Å². The summed E-state index contributed by atoms with van der Waals surface area (Å²) in [5.74, 6) is 4.21. The van der Waals surface area contributed by atoms with Crippen molar-refractivity contribution in [2.24, 2.45) is 0 Å². The maximum absolute atomic E-state index is 6.44. The largest absolute Gasteiger partial charge is 0.485 e. The van der Waals surface area contributed by atoms with E-state index in [1.165, 1.54) is 5.30 Å². The summed E-state index contributed by atoms with van der Waals surface area (Å²) in [5.41, 5.74) is 2.06. The molecule has 1 aliphatic heterocycles. The van der Waals surface area contributed by atoms with Crippen molar-refractivity contribution in [3.8, 4) is 39.9 Å². The lowest BCUT2D eigenvalue weighted by molar-refractivity contribution is 0.313. The molecule has 4 heteroatoms. The van der Waals surface area contributed by atoms with Crippen LogP contribution in [0.15, 0.2) is 97.1 Å². The Kier molecular flexibility index (Phi) is 6.06. The third-order valence-corrected chi connectivity index (χ3v) is 9.04. The van der Waals surface area contributed by atoms with Crippen LogP contribution < -0.4 is 19.5 Å². The number of ether oxygens (including phenoxy) is 3. The van der Waals surface area contributed by atoms with Crippen LogP contribution in [0.3, 0.4) is 0 Å². The Labute approximate surface area is 203 Å². The van der Waals surface area contributed by atoms with Crippen molar-refractivity contribution in [3.05, 3.63) is 97.1 Å². The van der Waals surface area contributed by atoms with E-state index in [9.17, 15) is 0 Å². The lowest BCUT2D eigenvalue weighted by Crippen LogP contribution is -2.23. The molecule has 3 nitrogen and oxygen atoms in total. The molecule has 1 heterocycles. The summed E-state index contributed by atoms with van der Waals surface area (Å²) < 4.78 is 19.2. The molecule has 0 amide bonds. The number of fused-ring (bicyclic) bond motifs is 1. The molecule has 34 heavy (non-hydrogen) atoms. The van der Waals surface area contributed by atoms with Gasteiger partial charge in [0, 0.05) is 10.9 Å². The Morgan fingerprint density at radius 2 is 1.21 bits per heavy atom. The SMILES string of the molecule is C[C@H]1Oc2cccc(-c3c(Oc4ccccc4)cccc3Oc3ccccc3)c2P1C(C)(C)C. The minimum Gasteiger partial charge on any atom is -0.485 e. The molecule has 0 saturated heterocycles. The lowest BCUT2D eigenvalue weighted by Gasteiger charge is -2.31. The van der Waals surface area contributed by atoms with Crippen LogP contribution >= 0.6 is 7.92 Å². The molecule has 2 atom stereocenters. The van der Waals surface area contributed by atoms with Gasteiger partial charge in [-0.3, -0.25) is 0 Å². The molecule has 0 spiro atoms. The van der Waals surface area contributed by atoms with E-state index in [4.69, 9.17) is 14.2 Å². The van der Waals surface area contributed by atoms with E-state index in [1.807, 2.05) is 78.9 Å². The fraction of sp³-hybridized carbons (Fsp3) is 0.200. The van der Waals surface area contributed by atoms with Crippen LogP contribution in [0.25, 0.3) is 11.1 Å². The van der Waals surface area contributed by atoms with Crippen LogP contribution in [-0.2, 0) is 0 Å².